The van der Waals surface area contributed by atoms with Crippen molar-refractivity contribution in [3.05, 3.63) is 131 Å². The minimum absolute atomic E-state index is 0.0335. The average molecular weight is 610 g/mol. The number of rotatable bonds is 15. The smallest absolute Gasteiger partial charge is 0.328 e. The van der Waals surface area contributed by atoms with E-state index in [-0.39, 0.29) is 49.9 Å². The molecule has 8 nitrogen and oxygen atoms in total. The molecule has 0 bridgehead atoms. The van der Waals surface area contributed by atoms with E-state index >= 15 is 0 Å². The normalized spacial score (nSPS) is 11.8. The lowest BCUT2D eigenvalue weighted by Gasteiger charge is -2.31. The molecule has 0 spiro atoms. The lowest BCUT2D eigenvalue weighted by Crippen LogP contribution is -2.42. The van der Waals surface area contributed by atoms with Crippen molar-refractivity contribution < 1.29 is 34.1 Å². The first kappa shape index (κ1) is 32.8. The highest BCUT2D eigenvalue weighted by molar-refractivity contribution is 5.85. The summed E-state index contributed by atoms with van der Waals surface area (Å²) in [5.74, 6) is -1.14. The SMILES string of the molecule is CC(CCCC(=O)N[C@@H](CCC(=O)OCc1ccccc1)C(=O)OCc1ccccc1)(c1ccc(O)cc1)c1ccc(O)cc1. The lowest BCUT2D eigenvalue weighted by molar-refractivity contribution is -0.150. The lowest BCUT2D eigenvalue weighted by atomic mass is 9.72. The summed E-state index contributed by atoms with van der Waals surface area (Å²) in [4.78, 5) is 38.7. The van der Waals surface area contributed by atoms with Crippen LogP contribution in [-0.2, 0) is 42.5 Å². The van der Waals surface area contributed by atoms with Crippen LogP contribution in [0.25, 0.3) is 0 Å². The second-order valence-electron chi connectivity index (χ2n) is 11.2. The standard InChI is InChI=1S/C37H39NO7/c1-37(29-14-18-31(39)19-15-29,30-16-20-32(40)21-17-30)24-8-13-34(41)38-33(36(43)45-26-28-11-6-3-7-12-28)22-23-35(42)44-25-27-9-4-2-5-10-27/h2-7,9-12,14-21,33,39-40H,8,13,22-26H2,1H3,(H,38,41)/t33-/m0/s1. The van der Waals surface area contributed by atoms with Crippen LogP contribution in [0.15, 0.2) is 109 Å². The summed E-state index contributed by atoms with van der Waals surface area (Å²) in [6.07, 6.45) is 1.15. The first-order chi connectivity index (χ1) is 21.7. The van der Waals surface area contributed by atoms with Gasteiger partial charge in [-0.2, -0.15) is 0 Å². The summed E-state index contributed by atoms with van der Waals surface area (Å²) >= 11 is 0. The molecule has 8 heteroatoms. The number of hydrogen-bond acceptors (Lipinski definition) is 7. The Morgan fingerprint density at radius 3 is 1.69 bits per heavy atom. The predicted molar refractivity (Wildman–Crippen MR) is 170 cm³/mol. The first-order valence-corrected chi connectivity index (χ1v) is 15.0. The maximum Gasteiger partial charge on any atom is 0.328 e. The van der Waals surface area contributed by atoms with E-state index in [4.69, 9.17) is 9.47 Å². The molecule has 3 N–H and O–H groups in total. The van der Waals surface area contributed by atoms with E-state index in [1.54, 1.807) is 24.3 Å². The van der Waals surface area contributed by atoms with Gasteiger partial charge < -0.3 is 25.0 Å². The Morgan fingerprint density at radius 1 is 0.689 bits per heavy atom. The fourth-order valence-electron chi connectivity index (χ4n) is 5.13. The van der Waals surface area contributed by atoms with Crippen LogP contribution in [0.2, 0.25) is 0 Å². The van der Waals surface area contributed by atoms with Crippen molar-refractivity contribution in [2.75, 3.05) is 0 Å². The summed E-state index contributed by atoms with van der Waals surface area (Å²) in [5.41, 5.74) is 3.04. The van der Waals surface area contributed by atoms with Gasteiger partial charge in [0, 0.05) is 18.3 Å². The molecule has 1 amide bonds. The molecular weight excluding hydrogens is 570 g/mol. The number of aromatic hydroxyl groups is 2. The number of hydrogen-bond donors (Lipinski definition) is 3. The van der Waals surface area contributed by atoms with Gasteiger partial charge in [-0.05, 0) is 65.8 Å². The van der Waals surface area contributed by atoms with Crippen molar-refractivity contribution in [3.8, 4) is 11.5 Å². The molecule has 234 valence electrons. The van der Waals surface area contributed by atoms with Crippen molar-refractivity contribution in [2.24, 2.45) is 0 Å². The number of carbonyl (C=O) groups excluding carboxylic acids is 3. The number of esters is 2. The van der Waals surface area contributed by atoms with E-state index < -0.39 is 23.4 Å². The summed E-state index contributed by atoms with van der Waals surface area (Å²) in [6.45, 7) is 2.21. The molecule has 0 radical (unpaired) electrons. The van der Waals surface area contributed by atoms with Gasteiger partial charge in [-0.1, -0.05) is 91.9 Å². The van der Waals surface area contributed by atoms with Crippen LogP contribution in [0, 0.1) is 0 Å². The Bertz CT molecular complexity index is 1480. The maximum absolute atomic E-state index is 13.1. The van der Waals surface area contributed by atoms with Crippen LogP contribution >= 0.6 is 0 Å². The third-order valence-corrected chi connectivity index (χ3v) is 7.81. The molecule has 4 aromatic rings. The molecule has 0 saturated heterocycles. The zero-order valence-corrected chi connectivity index (χ0v) is 25.4. The van der Waals surface area contributed by atoms with E-state index in [0.717, 1.165) is 22.3 Å². The summed E-state index contributed by atoms with van der Waals surface area (Å²) in [7, 11) is 0. The molecule has 1 atom stereocenters. The molecule has 0 saturated carbocycles. The van der Waals surface area contributed by atoms with Gasteiger partial charge in [0.05, 0.1) is 0 Å². The molecule has 0 aliphatic rings. The maximum atomic E-state index is 13.1. The number of phenolic OH excluding ortho intramolecular Hbond substituents is 2. The molecule has 45 heavy (non-hydrogen) atoms. The number of ether oxygens (including phenoxy) is 2. The highest BCUT2D eigenvalue weighted by atomic mass is 16.5. The highest BCUT2D eigenvalue weighted by Crippen LogP contribution is 2.38. The summed E-state index contributed by atoms with van der Waals surface area (Å²) < 4.78 is 10.9. The molecule has 0 unspecified atom stereocenters. The number of benzene rings is 4. The van der Waals surface area contributed by atoms with Gasteiger partial charge >= 0.3 is 11.9 Å². The Kier molecular flexibility index (Phi) is 11.7. The minimum atomic E-state index is -1.02. The van der Waals surface area contributed by atoms with Crippen LogP contribution in [-0.4, -0.2) is 34.1 Å². The van der Waals surface area contributed by atoms with Gasteiger partial charge in [0.15, 0.2) is 0 Å². The molecule has 0 fully saturated rings. The second kappa shape index (κ2) is 16.1. The first-order valence-electron chi connectivity index (χ1n) is 15.0. The molecule has 4 aromatic carbocycles. The fourth-order valence-corrected chi connectivity index (χ4v) is 5.13. The molecular formula is C37H39NO7. The van der Waals surface area contributed by atoms with Crippen LogP contribution in [0.1, 0.15) is 61.3 Å². The fraction of sp³-hybridized carbons (Fsp3) is 0.270. The predicted octanol–water partition coefficient (Wildman–Crippen LogP) is 6.33. The van der Waals surface area contributed by atoms with Crippen LogP contribution in [0.3, 0.4) is 0 Å². The zero-order valence-electron chi connectivity index (χ0n) is 25.4. The number of phenols is 2. The van der Waals surface area contributed by atoms with Crippen molar-refractivity contribution >= 4 is 17.8 Å². The van der Waals surface area contributed by atoms with E-state index in [9.17, 15) is 24.6 Å². The van der Waals surface area contributed by atoms with Gasteiger partial charge in [-0.25, -0.2) is 4.79 Å². The molecule has 0 aromatic heterocycles. The quantitative estimate of drug-likeness (QED) is 0.135. The number of nitrogens with one attached hydrogen (secondary N) is 1. The van der Waals surface area contributed by atoms with E-state index in [2.05, 4.69) is 12.2 Å². The average Bonchev–Trinajstić information content (AvgIpc) is 3.06. The summed E-state index contributed by atoms with van der Waals surface area (Å²) in [6, 6.07) is 31.4. The third kappa shape index (κ3) is 9.96. The van der Waals surface area contributed by atoms with E-state index in [1.807, 2.05) is 84.9 Å². The third-order valence-electron chi connectivity index (χ3n) is 7.81. The van der Waals surface area contributed by atoms with E-state index in [1.165, 1.54) is 0 Å². The number of carbonyl (C=O) groups is 3. The largest absolute Gasteiger partial charge is 0.508 e. The van der Waals surface area contributed by atoms with Gasteiger partial charge in [-0.3, -0.25) is 9.59 Å². The number of amides is 1. The highest BCUT2D eigenvalue weighted by Gasteiger charge is 2.30. The Labute approximate surface area is 263 Å². The van der Waals surface area contributed by atoms with Crippen molar-refractivity contribution in [3.63, 3.8) is 0 Å². The molecule has 4 rings (SSSR count). The van der Waals surface area contributed by atoms with Gasteiger partial charge in [0.1, 0.15) is 30.8 Å². The van der Waals surface area contributed by atoms with Crippen LogP contribution in [0.5, 0.6) is 11.5 Å². The Balaban J connectivity index is 1.38. The second-order valence-corrected chi connectivity index (χ2v) is 11.2. The van der Waals surface area contributed by atoms with Crippen LogP contribution < -0.4 is 5.32 Å². The van der Waals surface area contributed by atoms with Crippen molar-refractivity contribution in [2.45, 2.75) is 63.7 Å². The molecule has 0 aliphatic heterocycles. The minimum Gasteiger partial charge on any atom is -0.508 e. The van der Waals surface area contributed by atoms with Crippen molar-refractivity contribution in [1.29, 1.82) is 0 Å². The van der Waals surface area contributed by atoms with E-state index in [0.29, 0.717) is 12.8 Å². The van der Waals surface area contributed by atoms with Gasteiger partial charge in [-0.15, -0.1) is 0 Å². The molecule has 0 heterocycles. The van der Waals surface area contributed by atoms with Crippen molar-refractivity contribution in [1.82, 2.24) is 5.32 Å². The summed E-state index contributed by atoms with van der Waals surface area (Å²) in [5, 5.41) is 22.4. The Hall–Kier alpha value is -5.11. The zero-order chi connectivity index (χ0) is 32.1. The van der Waals surface area contributed by atoms with Gasteiger partial charge in [0.25, 0.3) is 0 Å². The van der Waals surface area contributed by atoms with Crippen LogP contribution in [0.4, 0.5) is 0 Å². The van der Waals surface area contributed by atoms with Gasteiger partial charge in [0.2, 0.25) is 5.91 Å². The molecule has 0 aliphatic carbocycles. The monoisotopic (exact) mass is 609 g/mol. The topological polar surface area (TPSA) is 122 Å². The Morgan fingerprint density at radius 2 is 1.18 bits per heavy atom.